The van der Waals surface area contributed by atoms with Gasteiger partial charge in [-0.3, -0.25) is 4.79 Å². The van der Waals surface area contributed by atoms with Gasteiger partial charge in [0.05, 0.1) is 6.04 Å². The van der Waals surface area contributed by atoms with Crippen LogP contribution < -0.4 is 5.32 Å². The van der Waals surface area contributed by atoms with Gasteiger partial charge in [-0.15, -0.1) is 0 Å². The fourth-order valence-corrected chi connectivity index (χ4v) is 3.90. The van der Waals surface area contributed by atoms with Crippen molar-refractivity contribution in [1.82, 2.24) is 10.2 Å². The lowest BCUT2D eigenvalue weighted by atomic mass is 10.0. The summed E-state index contributed by atoms with van der Waals surface area (Å²) in [6.45, 7) is 2.64. The van der Waals surface area contributed by atoms with Crippen LogP contribution in [0, 0.1) is 0 Å². The highest BCUT2D eigenvalue weighted by Gasteiger charge is 2.39. The van der Waals surface area contributed by atoms with Crippen LogP contribution in [-0.2, 0) is 11.2 Å². The molecule has 1 aliphatic rings. The average molecular weight is 322 g/mol. The summed E-state index contributed by atoms with van der Waals surface area (Å²) in [5.74, 6) is 1.10. The van der Waals surface area contributed by atoms with Crippen LogP contribution in [0.2, 0.25) is 0 Å². The van der Waals surface area contributed by atoms with Gasteiger partial charge < -0.3 is 15.3 Å². The molecule has 0 bridgehead atoms. The number of aliphatic hydroxyl groups is 1. The molecule has 4 nitrogen and oxygen atoms in total. The number of likely N-dealkylation sites (N-methyl/N-ethyl adjacent to an activating group) is 1. The number of thioether (sulfide) groups is 1. The first-order valence-electron chi connectivity index (χ1n) is 7.80. The van der Waals surface area contributed by atoms with Crippen molar-refractivity contribution in [3.05, 3.63) is 35.4 Å². The number of benzene rings is 1. The van der Waals surface area contributed by atoms with E-state index in [1.54, 1.807) is 11.8 Å². The Bertz CT molecular complexity index is 496. The summed E-state index contributed by atoms with van der Waals surface area (Å²) in [5, 5.41) is 13.2. The van der Waals surface area contributed by atoms with Gasteiger partial charge in [0, 0.05) is 12.3 Å². The number of hydrogen-bond acceptors (Lipinski definition) is 4. The zero-order valence-corrected chi connectivity index (χ0v) is 14.4. The van der Waals surface area contributed by atoms with Gasteiger partial charge in [0.25, 0.3) is 5.91 Å². The minimum Gasteiger partial charge on any atom is -0.379 e. The molecular weight excluding hydrogens is 296 g/mol. The fraction of sp³-hybridized carbons (Fsp3) is 0.588. The Kier molecular flexibility index (Phi) is 5.89. The van der Waals surface area contributed by atoms with Crippen molar-refractivity contribution in [3.8, 4) is 0 Å². The van der Waals surface area contributed by atoms with Crippen LogP contribution >= 0.6 is 11.8 Å². The van der Waals surface area contributed by atoms with Crippen LogP contribution in [0.1, 0.15) is 30.5 Å². The second kappa shape index (κ2) is 7.49. The number of aryl methyl sites for hydroxylation is 1. The molecule has 22 heavy (non-hydrogen) atoms. The Morgan fingerprint density at radius 2 is 2.09 bits per heavy atom. The van der Waals surface area contributed by atoms with Crippen LogP contribution in [0.4, 0.5) is 0 Å². The van der Waals surface area contributed by atoms with E-state index < -0.39 is 5.60 Å². The molecule has 0 saturated carbocycles. The Morgan fingerprint density at radius 1 is 1.41 bits per heavy atom. The predicted octanol–water partition coefficient (Wildman–Crippen LogP) is 1.84. The third-order valence-electron chi connectivity index (χ3n) is 4.28. The summed E-state index contributed by atoms with van der Waals surface area (Å²) in [6.07, 6.45) is 1.57. The van der Waals surface area contributed by atoms with Gasteiger partial charge in [-0.2, -0.15) is 11.8 Å². The Balaban J connectivity index is 2.01. The van der Waals surface area contributed by atoms with Crippen molar-refractivity contribution in [3.63, 3.8) is 0 Å². The molecule has 0 radical (unpaired) electrons. The maximum absolute atomic E-state index is 12.2. The highest BCUT2D eigenvalue weighted by Crippen LogP contribution is 2.28. The van der Waals surface area contributed by atoms with Gasteiger partial charge in [0.2, 0.25) is 0 Å². The number of nitrogens with one attached hydrogen (secondary N) is 1. The predicted molar refractivity (Wildman–Crippen MR) is 92.1 cm³/mol. The second-order valence-electron chi connectivity index (χ2n) is 6.12. The summed E-state index contributed by atoms with van der Waals surface area (Å²) < 4.78 is 0. The minimum absolute atomic E-state index is 0.104. The topological polar surface area (TPSA) is 52.6 Å². The number of carbonyl (C=O) groups is 1. The van der Waals surface area contributed by atoms with Gasteiger partial charge in [0.1, 0.15) is 0 Å². The highest BCUT2D eigenvalue weighted by atomic mass is 32.2. The molecular formula is C17H26N2O2S. The second-order valence-corrected chi connectivity index (χ2v) is 7.22. The molecule has 2 N–H and O–H groups in total. The molecule has 1 saturated heterocycles. The van der Waals surface area contributed by atoms with Crippen LogP contribution in [0.15, 0.2) is 24.3 Å². The number of nitrogens with zero attached hydrogens (tertiary/aromatic N) is 1. The fourth-order valence-electron chi connectivity index (χ4n) is 2.66. The number of amides is 1. The van der Waals surface area contributed by atoms with Crippen LogP contribution in [0.25, 0.3) is 0 Å². The van der Waals surface area contributed by atoms with E-state index in [2.05, 4.69) is 41.4 Å². The van der Waals surface area contributed by atoms with Crippen molar-refractivity contribution in [2.45, 2.75) is 31.4 Å². The molecule has 1 amide bonds. The maximum Gasteiger partial charge on any atom is 0.252 e. The molecule has 2 atom stereocenters. The first-order chi connectivity index (χ1) is 10.5. The molecule has 122 valence electrons. The van der Waals surface area contributed by atoms with Crippen molar-refractivity contribution in [2.75, 3.05) is 32.1 Å². The lowest BCUT2D eigenvalue weighted by Gasteiger charge is -2.27. The van der Waals surface area contributed by atoms with Crippen molar-refractivity contribution < 1.29 is 9.90 Å². The average Bonchev–Trinajstić information content (AvgIpc) is 2.95. The molecule has 2 unspecified atom stereocenters. The van der Waals surface area contributed by atoms with Crippen LogP contribution in [-0.4, -0.2) is 53.7 Å². The summed E-state index contributed by atoms with van der Waals surface area (Å²) in [7, 11) is 4.01. The van der Waals surface area contributed by atoms with E-state index in [1.165, 1.54) is 11.1 Å². The molecule has 0 aliphatic carbocycles. The monoisotopic (exact) mass is 322 g/mol. The van der Waals surface area contributed by atoms with E-state index in [4.69, 9.17) is 0 Å². The summed E-state index contributed by atoms with van der Waals surface area (Å²) in [4.78, 5) is 14.3. The SMILES string of the molecule is CCc1ccc(C(CNC(=O)C2(O)CCSC2)N(C)C)cc1. The third kappa shape index (κ3) is 4.03. The Morgan fingerprint density at radius 3 is 2.59 bits per heavy atom. The minimum atomic E-state index is -1.19. The summed E-state index contributed by atoms with van der Waals surface area (Å²) in [5.41, 5.74) is 1.30. The smallest absolute Gasteiger partial charge is 0.252 e. The van der Waals surface area contributed by atoms with E-state index >= 15 is 0 Å². The molecule has 2 rings (SSSR count). The molecule has 1 aromatic carbocycles. The number of rotatable bonds is 6. The molecule has 1 aliphatic heterocycles. The van der Waals surface area contributed by atoms with Crippen molar-refractivity contribution in [1.29, 1.82) is 0 Å². The zero-order valence-electron chi connectivity index (χ0n) is 13.6. The Hall–Kier alpha value is -1.04. The van der Waals surface area contributed by atoms with E-state index in [1.807, 2.05) is 14.1 Å². The molecule has 0 spiro atoms. The molecule has 5 heteroatoms. The largest absolute Gasteiger partial charge is 0.379 e. The third-order valence-corrected chi connectivity index (χ3v) is 5.45. The van der Waals surface area contributed by atoms with Crippen LogP contribution in [0.5, 0.6) is 0 Å². The van der Waals surface area contributed by atoms with Gasteiger partial charge in [-0.25, -0.2) is 0 Å². The molecule has 1 fully saturated rings. The van der Waals surface area contributed by atoms with E-state index in [0.29, 0.717) is 18.7 Å². The summed E-state index contributed by atoms with van der Waals surface area (Å²) in [6, 6.07) is 8.61. The van der Waals surface area contributed by atoms with Crippen molar-refractivity contribution in [2.24, 2.45) is 0 Å². The molecule has 0 aromatic heterocycles. The van der Waals surface area contributed by atoms with Gasteiger partial charge in [-0.1, -0.05) is 31.2 Å². The number of carbonyl (C=O) groups excluding carboxylic acids is 1. The maximum atomic E-state index is 12.2. The summed E-state index contributed by atoms with van der Waals surface area (Å²) >= 11 is 1.63. The van der Waals surface area contributed by atoms with Gasteiger partial charge >= 0.3 is 0 Å². The highest BCUT2D eigenvalue weighted by molar-refractivity contribution is 7.99. The van der Waals surface area contributed by atoms with E-state index in [-0.39, 0.29) is 11.9 Å². The first-order valence-corrected chi connectivity index (χ1v) is 8.95. The van der Waals surface area contributed by atoms with Gasteiger partial charge in [-0.05, 0) is 43.8 Å². The number of hydrogen-bond donors (Lipinski definition) is 2. The standard InChI is InChI=1S/C17H26N2O2S/c1-4-13-5-7-14(8-6-13)15(19(2)3)11-18-16(20)17(21)9-10-22-12-17/h5-8,15,21H,4,9-12H2,1-3H3,(H,18,20). The van der Waals surface area contributed by atoms with E-state index in [9.17, 15) is 9.90 Å². The van der Waals surface area contributed by atoms with E-state index in [0.717, 1.165) is 12.2 Å². The lowest BCUT2D eigenvalue weighted by Crippen LogP contribution is -2.48. The normalized spacial score (nSPS) is 22.8. The quantitative estimate of drug-likeness (QED) is 0.839. The lowest BCUT2D eigenvalue weighted by molar-refractivity contribution is -0.137. The zero-order chi connectivity index (χ0) is 16.2. The van der Waals surface area contributed by atoms with Crippen LogP contribution in [0.3, 0.4) is 0 Å². The Labute approximate surface area is 137 Å². The van der Waals surface area contributed by atoms with Gasteiger partial charge in [0.15, 0.2) is 5.60 Å². The van der Waals surface area contributed by atoms with Crippen molar-refractivity contribution >= 4 is 17.7 Å². The molecule has 1 heterocycles. The first kappa shape index (κ1) is 17.3. The molecule has 1 aromatic rings.